The van der Waals surface area contributed by atoms with Gasteiger partial charge < -0.3 is 16.0 Å². The molecule has 2 heterocycles. The molecule has 1 unspecified atom stereocenters. The molecule has 3 aromatic rings. The first-order chi connectivity index (χ1) is 12.6. The van der Waals surface area contributed by atoms with E-state index in [4.69, 9.17) is 10.7 Å². The maximum absolute atomic E-state index is 13.0. The van der Waals surface area contributed by atoms with E-state index in [2.05, 4.69) is 11.4 Å². The Morgan fingerprint density at radius 1 is 1.19 bits per heavy atom. The van der Waals surface area contributed by atoms with Gasteiger partial charge in [0.2, 0.25) is 0 Å². The summed E-state index contributed by atoms with van der Waals surface area (Å²) in [6, 6.07) is 14.2. The molecule has 7 heteroatoms. The lowest BCUT2D eigenvalue weighted by atomic mass is 10.1. The monoisotopic (exact) mass is 366 g/mol. The van der Waals surface area contributed by atoms with Crippen LogP contribution in [0.1, 0.15) is 34.2 Å². The number of nitrogens with zero attached hydrogens (tertiary/aromatic N) is 2. The molecule has 2 aromatic carbocycles. The van der Waals surface area contributed by atoms with Gasteiger partial charge in [-0.2, -0.15) is 0 Å². The molecule has 1 aromatic heterocycles. The topological polar surface area (TPSA) is 88.3 Å². The van der Waals surface area contributed by atoms with Gasteiger partial charge in [0.25, 0.3) is 5.91 Å². The summed E-state index contributed by atoms with van der Waals surface area (Å²) in [4.78, 5) is 30.7. The molecule has 0 spiro atoms. The minimum Gasteiger partial charge on any atom is -0.351 e. The van der Waals surface area contributed by atoms with Crippen LogP contribution < -0.4 is 11.1 Å². The van der Waals surface area contributed by atoms with E-state index in [0.717, 1.165) is 28.1 Å². The fourth-order valence-corrected chi connectivity index (χ4v) is 4.45. The third kappa shape index (κ3) is 3.13. The Morgan fingerprint density at radius 3 is 2.85 bits per heavy atom. The molecule has 3 N–H and O–H groups in total. The van der Waals surface area contributed by atoms with Crippen molar-refractivity contribution in [1.82, 2.24) is 9.88 Å². The molecule has 0 saturated carbocycles. The minimum absolute atomic E-state index is 0.00680. The number of nitrogens with one attached hydrogen (secondary N) is 1. The highest BCUT2D eigenvalue weighted by Crippen LogP contribution is 2.37. The van der Waals surface area contributed by atoms with Gasteiger partial charge in [-0.1, -0.05) is 18.2 Å². The molecule has 0 bridgehead atoms. The molecule has 0 aliphatic carbocycles. The average molecular weight is 366 g/mol. The number of thiazole rings is 1. The number of carbonyl (C=O) groups excluding carboxylic acids is 2. The first-order valence-electron chi connectivity index (χ1n) is 8.45. The quantitative estimate of drug-likeness (QED) is 0.740. The fraction of sp³-hybridized carbons (Fsp3) is 0.211. The molecule has 1 aliphatic rings. The third-order valence-electron chi connectivity index (χ3n) is 4.49. The van der Waals surface area contributed by atoms with Crippen molar-refractivity contribution in [2.24, 2.45) is 5.73 Å². The molecule has 4 rings (SSSR count). The molecule has 1 fully saturated rings. The summed E-state index contributed by atoms with van der Waals surface area (Å²) in [7, 11) is 0. The van der Waals surface area contributed by atoms with E-state index >= 15 is 0 Å². The van der Waals surface area contributed by atoms with Crippen LogP contribution in [-0.4, -0.2) is 28.4 Å². The normalized spacial score (nSPS) is 16.8. The highest BCUT2D eigenvalue weighted by molar-refractivity contribution is 7.18. The smallest absolute Gasteiger partial charge is 0.316 e. The number of nitrogens with two attached hydrogens (primary N) is 1. The lowest BCUT2D eigenvalue weighted by molar-refractivity contribution is 0.0735. The van der Waals surface area contributed by atoms with Gasteiger partial charge in [0.05, 0.1) is 16.3 Å². The lowest BCUT2D eigenvalue weighted by Gasteiger charge is -2.23. The first-order valence-corrected chi connectivity index (χ1v) is 9.26. The van der Waals surface area contributed by atoms with E-state index in [1.54, 1.807) is 35.6 Å². The molecule has 6 nitrogen and oxygen atoms in total. The number of hydrogen-bond donors (Lipinski definition) is 2. The average Bonchev–Trinajstić information content (AvgIpc) is 3.27. The Bertz CT molecular complexity index is 951. The van der Waals surface area contributed by atoms with Crippen molar-refractivity contribution in [1.29, 1.82) is 0 Å². The van der Waals surface area contributed by atoms with Crippen LogP contribution in [0, 0.1) is 0 Å². The Labute approximate surface area is 154 Å². The van der Waals surface area contributed by atoms with Crippen molar-refractivity contribution in [2.45, 2.75) is 18.9 Å². The minimum atomic E-state index is -0.650. The Hall–Kier alpha value is -2.93. The lowest BCUT2D eigenvalue weighted by Crippen LogP contribution is -2.30. The number of amides is 3. The molecule has 0 radical (unpaired) electrons. The van der Waals surface area contributed by atoms with Gasteiger partial charge in [0.1, 0.15) is 5.01 Å². The van der Waals surface area contributed by atoms with Crippen LogP contribution in [0.2, 0.25) is 0 Å². The standard InChI is InChI=1S/C19H18N4O2S/c20-19(25)21-13-6-3-5-12(11-13)18(24)23-10-4-8-15(23)17-22-14-7-1-2-9-16(14)26-17/h1-3,5-7,9,11,15H,4,8,10H2,(H3,20,21,25). The van der Waals surface area contributed by atoms with Gasteiger partial charge >= 0.3 is 6.03 Å². The zero-order chi connectivity index (χ0) is 18.1. The van der Waals surface area contributed by atoms with Gasteiger partial charge in [-0.3, -0.25) is 4.79 Å². The molecular weight excluding hydrogens is 348 g/mol. The van der Waals surface area contributed by atoms with Gasteiger partial charge in [-0.15, -0.1) is 11.3 Å². The fourth-order valence-electron chi connectivity index (χ4n) is 3.34. The summed E-state index contributed by atoms with van der Waals surface area (Å²) in [5.74, 6) is -0.0557. The zero-order valence-electron chi connectivity index (χ0n) is 14.0. The van der Waals surface area contributed by atoms with Gasteiger partial charge in [-0.05, 0) is 43.2 Å². The number of likely N-dealkylation sites (tertiary alicyclic amines) is 1. The van der Waals surface area contributed by atoms with E-state index in [0.29, 0.717) is 17.8 Å². The highest BCUT2D eigenvalue weighted by Gasteiger charge is 2.32. The van der Waals surface area contributed by atoms with Crippen LogP contribution >= 0.6 is 11.3 Å². The van der Waals surface area contributed by atoms with Crippen LogP contribution in [0.4, 0.5) is 10.5 Å². The van der Waals surface area contributed by atoms with Crippen LogP contribution in [0.25, 0.3) is 10.2 Å². The molecule has 1 atom stereocenters. The van der Waals surface area contributed by atoms with E-state index < -0.39 is 6.03 Å². The van der Waals surface area contributed by atoms with Gasteiger partial charge in [0.15, 0.2) is 0 Å². The van der Waals surface area contributed by atoms with Crippen LogP contribution in [0.3, 0.4) is 0 Å². The highest BCUT2D eigenvalue weighted by atomic mass is 32.1. The predicted molar refractivity (Wildman–Crippen MR) is 102 cm³/mol. The van der Waals surface area contributed by atoms with Gasteiger partial charge in [0, 0.05) is 17.8 Å². The number of rotatable bonds is 3. The second-order valence-electron chi connectivity index (χ2n) is 6.25. The number of para-hydroxylation sites is 1. The van der Waals surface area contributed by atoms with E-state index in [1.165, 1.54) is 0 Å². The summed E-state index contributed by atoms with van der Waals surface area (Å²) in [5, 5.41) is 3.48. The van der Waals surface area contributed by atoms with Crippen molar-refractivity contribution in [2.75, 3.05) is 11.9 Å². The number of benzene rings is 2. The van der Waals surface area contributed by atoms with Crippen LogP contribution in [-0.2, 0) is 0 Å². The Morgan fingerprint density at radius 2 is 2.04 bits per heavy atom. The van der Waals surface area contributed by atoms with Crippen molar-refractivity contribution >= 4 is 39.2 Å². The second-order valence-corrected chi connectivity index (χ2v) is 7.31. The van der Waals surface area contributed by atoms with Crippen LogP contribution in [0.15, 0.2) is 48.5 Å². The maximum Gasteiger partial charge on any atom is 0.316 e. The SMILES string of the molecule is NC(=O)Nc1cccc(C(=O)N2CCCC2c2nc3ccccc3s2)c1. The second kappa shape index (κ2) is 6.76. The Kier molecular flexibility index (Phi) is 4.30. The summed E-state index contributed by atoms with van der Waals surface area (Å²) in [5.41, 5.74) is 7.17. The number of fused-ring (bicyclic) bond motifs is 1. The zero-order valence-corrected chi connectivity index (χ0v) is 14.8. The van der Waals surface area contributed by atoms with E-state index in [1.807, 2.05) is 23.1 Å². The summed E-state index contributed by atoms with van der Waals surface area (Å²) >= 11 is 1.64. The number of anilines is 1. The molecule has 1 aliphatic heterocycles. The Balaban J connectivity index is 1.61. The molecule has 1 saturated heterocycles. The number of hydrogen-bond acceptors (Lipinski definition) is 4. The summed E-state index contributed by atoms with van der Waals surface area (Å²) in [6.45, 7) is 0.701. The number of urea groups is 1. The van der Waals surface area contributed by atoms with E-state index in [9.17, 15) is 9.59 Å². The molecule has 26 heavy (non-hydrogen) atoms. The van der Waals surface area contributed by atoms with Crippen molar-refractivity contribution in [3.05, 3.63) is 59.1 Å². The molecule has 3 amide bonds. The first kappa shape index (κ1) is 16.5. The number of aromatic nitrogens is 1. The molecular formula is C19H18N4O2S. The summed E-state index contributed by atoms with van der Waals surface area (Å²) < 4.78 is 1.13. The van der Waals surface area contributed by atoms with Crippen molar-refractivity contribution < 1.29 is 9.59 Å². The van der Waals surface area contributed by atoms with Crippen molar-refractivity contribution in [3.63, 3.8) is 0 Å². The van der Waals surface area contributed by atoms with Gasteiger partial charge in [-0.25, -0.2) is 9.78 Å². The van der Waals surface area contributed by atoms with E-state index in [-0.39, 0.29) is 11.9 Å². The number of carbonyl (C=O) groups is 2. The van der Waals surface area contributed by atoms with Crippen molar-refractivity contribution in [3.8, 4) is 0 Å². The maximum atomic E-state index is 13.0. The largest absolute Gasteiger partial charge is 0.351 e. The molecule has 132 valence electrons. The van der Waals surface area contributed by atoms with Crippen LogP contribution in [0.5, 0.6) is 0 Å². The predicted octanol–water partition coefficient (Wildman–Crippen LogP) is 3.76. The summed E-state index contributed by atoms with van der Waals surface area (Å²) in [6.07, 6.45) is 1.86. The third-order valence-corrected chi connectivity index (χ3v) is 5.62. The number of primary amides is 1.